The second kappa shape index (κ2) is 6.50. The first-order valence-electron chi connectivity index (χ1n) is 6.04. The molecule has 0 aromatic heterocycles. The summed E-state index contributed by atoms with van der Waals surface area (Å²) in [6.45, 7) is 4.10. The Morgan fingerprint density at radius 3 is 2.61 bits per heavy atom. The lowest BCUT2D eigenvalue weighted by Gasteiger charge is -2.28. The van der Waals surface area contributed by atoms with E-state index in [0.717, 1.165) is 18.4 Å². The average molecular weight is 274 g/mol. The number of hydrogen-bond acceptors (Lipinski definition) is 2. The molecule has 0 aliphatic heterocycles. The van der Waals surface area contributed by atoms with Crippen LogP contribution >= 0.6 is 11.6 Å². The standard InChI is InChI=1S/C14H21ClFNO/c1-14(2,18-4)9-11(17-3)7-10-5-6-13(16)12(15)8-10/h5-6,8,11,17H,7,9H2,1-4H3. The van der Waals surface area contributed by atoms with Crippen molar-refractivity contribution in [2.75, 3.05) is 14.2 Å². The van der Waals surface area contributed by atoms with E-state index in [4.69, 9.17) is 16.3 Å². The van der Waals surface area contributed by atoms with Gasteiger partial charge in [0, 0.05) is 13.2 Å². The first kappa shape index (κ1) is 15.4. The lowest BCUT2D eigenvalue weighted by molar-refractivity contribution is 0.00772. The van der Waals surface area contributed by atoms with Gasteiger partial charge in [0.2, 0.25) is 0 Å². The van der Waals surface area contributed by atoms with Gasteiger partial charge in [-0.15, -0.1) is 0 Å². The van der Waals surface area contributed by atoms with Crippen molar-refractivity contribution in [2.45, 2.75) is 38.3 Å². The van der Waals surface area contributed by atoms with Crippen molar-refractivity contribution in [2.24, 2.45) is 0 Å². The Hall–Kier alpha value is -0.640. The Morgan fingerprint density at radius 2 is 2.11 bits per heavy atom. The third kappa shape index (κ3) is 4.56. The summed E-state index contributed by atoms with van der Waals surface area (Å²) < 4.78 is 18.5. The lowest BCUT2D eigenvalue weighted by Crippen LogP contribution is -2.37. The fourth-order valence-corrected chi connectivity index (χ4v) is 2.11. The molecule has 0 amide bonds. The van der Waals surface area contributed by atoms with E-state index < -0.39 is 0 Å². The smallest absolute Gasteiger partial charge is 0.141 e. The van der Waals surface area contributed by atoms with Gasteiger partial charge in [-0.3, -0.25) is 0 Å². The van der Waals surface area contributed by atoms with Gasteiger partial charge in [0.25, 0.3) is 0 Å². The van der Waals surface area contributed by atoms with E-state index in [2.05, 4.69) is 19.2 Å². The second-order valence-corrected chi connectivity index (χ2v) is 5.51. The molecule has 0 radical (unpaired) electrons. The molecule has 0 heterocycles. The van der Waals surface area contributed by atoms with Crippen LogP contribution in [0.2, 0.25) is 5.02 Å². The zero-order chi connectivity index (χ0) is 13.8. The molecule has 1 aromatic rings. The summed E-state index contributed by atoms with van der Waals surface area (Å²) in [5.41, 5.74) is 0.838. The van der Waals surface area contributed by atoms with Gasteiger partial charge in [0.15, 0.2) is 0 Å². The van der Waals surface area contributed by atoms with Crippen molar-refractivity contribution < 1.29 is 9.13 Å². The molecule has 0 aliphatic carbocycles. The maximum absolute atomic E-state index is 13.1. The van der Waals surface area contributed by atoms with E-state index in [1.807, 2.05) is 7.05 Å². The summed E-state index contributed by atoms with van der Waals surface area (Å²) in [5.74, 6) is -0.376. The van der Waals surface area contributed by atoms with Crippen LogP contribution in [0.1, 0.15) is 25.8 Å². The molecular formula is C14H21ClFNO. The third-order valence-corrected chi connectivity index (χ3v) is 3.45. The number of nitrogens with one attached hydrogen (secondary N) is 1. The first-order chi connectivity index (χ1) is 8.38. The molecule has 2 nitrogen and oxygen atoms in total. The highest BCUT2D eigenvalue weighted by molar-refractivity contribution is 6.30. The number of hydrogen-bond donors (Lipinski definition) is 1. The maximum Gasteiger partial charge on any atom is 0.141 e. The van der Waals surface area contributed by atoms with Crippen LogP contribution in [-0.2, 0) is 11.2 Å². The van der Waals surface area contributed by atoms with Crippen molar-refractivity contribution in [3.8, 4) is 0 Å². The quantitative estimate of drug-likeness (QED) is 0.857. The van der Waals surface area contributed by atoms with Crippen LogP contribution in [0.25, 0.3) is 0 Å². The van der Waals surface area contributed by atoms with E-state index >= 15 is 0 Å². The van der Waals surface area contributed by atoms with Gasteiger partial charge in [-0.05, 0) is 51.4 Å². The highest BCUT2D eigenvalue weighted by atomic mass is 35.5. The maximum atomic E-state index is 13.1. The van der Waals surface area contributed by atoms with E-state index in [1.54, 1.807) is 19.2 Å². The minimum absolute atomic E-state index is 0.174. The van der Waals surface area contributed by atoms with Crippen molar-refractivity contribution in [3.63, 3.8) is 0 Å². The van der Waals surface area contributed by atoms with Crippen LogP contribution in [0.5, 0.6) is 0 Å². The van der Waals surface area contributed by atoms with Crippen LogP contribution in [0.4, 0.5) is 4.39 Å². The molecule has 1 unspecified atom stereocenters. The van der Waals surface area contributed by atoms with Crippen LogP contribution in [0.15, 0.2) is 18.2 Å². The van der Waals surface area contributed by atoms with Crippen LogP contribution in [0.3, 0.4) is 0 Å². The van der Waals surface area contributed by atoms with Crippen molar-refractivity contribution >= 4 is 11.6 Å². The van der Waals surface area contributed by atoms with Gasteiger partial charge in [-0.25, -0.2) is 4.39 Å². The molecule has 0 saturated carbocycles. The predicted octanol–water partition coefficient (Wildman–Crippen LogP) is 3.42. The van der Waals surface area contributed by atoms with Crippen molar-refractivity contribution in [3.05, 3.63) is 34.6 Å². The van der Waals surface area contributed by atoms with Gasteiger partial charge in [0.05, 0.1) is 10.6 Å². The molecule has 102 valence electrons. The first-order valence-corrected chi connectivity index (χ1v) is 6.42. The van der Waals surface area contributed by atoms with Gasteiger partial charge in [-0.2, -0.15) is 0 Å². The Bertz CT molecular complexity index is 395. The predicted molar refractivity (Wildman–Crippen MR) is 73.7 cm³/mol. The Labute approximate surface area is 113 Å². The monoisotopic (exact) mass is 273 g/mol. The molecule has 0 aliphatic rings. The summed E-state index contributed by atoms with van der Waals surface area (Å²) in [6, 6.07) is 5.12. The number of rotatable bonds is 6. The summed E-state index contributed by atoms with van der Waals surface area (Å²) in [4.78, 5) is 0. The topological polar surface area (TPSA) is 21.3 Å². The third-order valence-electron chi connectivity index (χ3n) is 3.16. The van der Waals surface area contributed by atoms with Crippen LogP contribution in [0, 0.1) is 5.82 Å². The average Bonchev–Trinajstić information content (AvgIpc) is 2.33. The van der Waals surface area contributed by atoms with Gasteiger partial charge in [-0.1, -0.05) is 17.7 Å². The minimum atomic E-state index is -0.376. The number of methoxy groups -OCH3 is 1. The SMILES string of the molecule is CNC(Cc1ccc(F)c(Cl)c1)CC(C)(C)OC. The molecule has 1 atom stereocenters. The highest BCUT2D eigenvalue weighted by Gasteiger charge is 2.22. The molecule has 18 heavy (non-hydrogen) atoms. The molecular weight excluding hydrogens is 253 g/mol. The van der Waals surface area contributed by atoms with E-state index in [1.165, 1.54) is 6.07 Å². The fraction of sp³-hybridized carbons (Fsp3) is 0.571. The van der Waals surface area contributed by atoms with Crippen LogP contribution < -0.4 is 5.32 Å². The zero-order valence-electron chi connectivity index (χ0n) is 11.4. The lowest BCUT2D eigenvalue weighted by atomic mass is 9.94. The number of ether oxygens (including phenoxy) is 1. The molecule has 0 fully saturated rings. The molecule has 0 bridgehead atoms. The Kier molecular flexibility index (Phi) is 5.57. The summed E-state index contributed by atoms with van der Waals surface area (Å²) in [6.07, 6.45) is 1.66. The number of likely N-dealkylation sites (N-methyl/N-ethyl adjacent to an activating group) is 1. The molecule has 1 aromatic carbocycles. The summed E-state index contributed by atoms with van der Waals surface area (Å²) in [5, 5.41) is 3.43. The molecule has 1 rings (SSSR count). The largest absolute Gasteiger partial charge is 0.379 e. The van der Waals surface area contributed by atoms with Crippen molar-refractivity contribution in [1.29, 1.82) is 0 Å². The van der Waals surface area contributed by atoms with E-state index in [9.17, 15) is 4.39 Å². The summed E-state index contributed by atoms with van der Waals surface area (Å²) >= 11 is 5.78. The van der Waals surface area contributed by atoms with E-state index in [-0.39, 0.29) is 22.5 Å². The molecule has 0 spiro atoms. The number of benzene rings is 1. The molecule has 4 heteroatoms. The summed E-state index contributed by atoms with van der Waals surface area (Å²) in [7, 11) is 3.63. The number of halogens is 2. The van der Waals surface area contributed by atoms with Gasteiger partial charge in [0.1, 0.15) is 5.82 Å². The highest BCUT2D eigenvalue weighted by Crippen LogP contribution is 2.21. The van der Waals surface area contributed by atoms with Gasteiger partial charge < -0.3 is 10.1 Å². The van der Waals surface area contributed by atoms with E-state index in [0.29, 0.717) is 0 Å². The minimum Gasteiger partial charge on any atom is -0.379 e. The molecule has 0 saturated heterocycles. The molecule has 1 N–H and O–H groups in total. The van der Waals surface area contributed by atoms with Gasteiger partial charge >= 0.3 is 0 Å². The van der Waals surface area contributed by atoms with Crippen molar-refractivity contribution in [1.82, 2.24) is 5.32 Å². The second-order valence-electron chi connectivity index (χ2n) is 5.11. The Balaban J connectivity index is 2.71. The van der Waals surface area contributed by atoms with Crippen LogP contribution in [-0.4, -0.2) is 25.8 Å². The normalized spacial score (nSPS) is 13.7. The Morgan fingerprint density at radius 1 is 1.44 bits per heavy atom. The zero-order valence-corrected chi connectivity index (χ0v) is 12.1. The fourth-order valence-electron chi connectivity index (χ4n) is 1.90.